The van der Waals surface area contributed by atoms with E-state index in [-0.39, 0.29) is 5.82 Å². The molecule has 0 aliphatic rings. The summed E-state index contributed by atoms with van der Waals surface area (Å²) in [6.07, 6.45) is 0. The first-order chi connectivity index (χ1) is 7.66. The van der Waals surface area contributed by atoms with Crippen molar-refractivity contribution in [3.63, 3.8) is 0 Å². The lowest BCUT2D eigenvalue weighted by molar-refractivity contribution is 0.622. The van der Waals surface area contributed by atoms with Gasteiger partial charge in [0.15, 0.2) is 0 Å². The summed E-state index contributed by atoms with van der Waals surface area (Å²) >= 11 is 5.09. The van der Waals surface area contributed by atoms with Crippen LogP contribution in [-0.2, 0) is 6.54 Å². The standard InChI is InChI=1S/C12H11BrFNS/c1-15(8-9-6-7-12(13)16-9)11-5-3-2-4-10(11)14/h2-7H,8H2,1H3. The Morgan fingerprint density at radius 1 is 1.25 bits per heavy atom. The highest BCUT2D eigenvalue weighted by atomic mass is 79.9. The zero-order valence-corrected chi connectivity index (χ0v) is 11.2. The molecule has 0 spiro atoms. The van der Waals surface area contributed by atoms with Crippen LogP contribution in [0.25, 0.3) is 0 Å². The largest absolute Gasteiger partial charge is 0.367 e. The number of hydrogen-bond donors (Lipinski definition) is 0. The molecule has 16 heavy (non-hydrogen) atoms. The van der Waals surface area contributed by atoms with Crippen LogP contribution in [0.3, 0.4) is 0 Å². The highest BCUT2D eigenvalue weighted by molar-refractivity contribution is 9.11. The molecule has 4 heteroatoms. The van der Waals surface area contributed by atoms with Crippen LogP contribution in [0.2, 0.25) is 0 Å². The first kappa shape index (κ1) is 11.6. The molecule has 0 amide bonds. The van der Waals surface area contributed by atoms with Gasteiger partial charge in [0, 0.05) is 11.9 Å². The van der Waals surface area contributed by atoms with Crippen molar-refractivity contribution in [3.8, 4) is 0 Å². The summed E-state index contributed by atoms with van der Waals surface area (Å²) in [6.45, 7) is 0.719. The van der Waals surface area contributed by atoms with Crippen LogP contribution in [0, 0.1) is 5.82 Å². The summed E-state index contributed by atoms with van der Waals surface area (Å²) < 4.78 is 14.6. The first-order valence-corrected chi connectivity index (χ1v) is 6.47. The molecule has 0 saturated carbocycles. The number of rotatable bonds is 3. The molecule has 0 saturated heterocycles. The average Bonchev–Trinajstić information content (AvgIpc) is 2.64. The highest BCUT2D eigenvalue weighted by Gasteiger charge is 2.08. The van der Waals surface area contributed by atoms with E-state index in [1.54, 1.807) is 23.5 Å². The molecule has 0 atom stereocenters. The van der Waals surface area contributed by atoms with E-state index < -0.39 is 0 Å². The Hall–Kier alpha value is -0.870. The van der Waals surface area contributed by atoms with Gasteiger partial charge in [0.05, 0.1) is 16.0 Å². The minimum atomic E-state index is -0.180. The molecule has 1 aromatic carbocycles. The van der Waals surface area contributed by atoms with Gasteiger partial charge in [-0.05, 0) is 40.2 Å². The fourth-order valence-electron chi connectivity index (χ4n) is 1.52. The summed E-state index contributed by atoms with van der Waals surface area (Å²) in [5.41, 5.74) is 0.632. The maximum atomic E-state index is 13.5. The van der Waals surface area contributed by atoms with E-state index in [0.29, 0.717) is 5.69 Å². The van der Waals surface area contributed by atoms with E-state index in [0.717, 1.165) is 10.3 Å². The second kappa shape index (κ2) is 4.97. The van der Waals surface area contributed by atoms with Crippen LogP contribution >= 0.6 is 27.3 Å². The number of benzene rings is 1. The molecular formula is C12H11BrFNS. The maximum absolute atomic E-state index is 13.5. The Morgan fingerprint density at radius 2 is 2.00 bits per heavy atom. The second-order valence-electron chi connectivity index (χ2n) is 3.51. The Morgan fingerprint density at radius 3 is 2.62 bits per heavy atom. The summed E-state index contributed by atoms with van der Waals surface area (Å²) in [5.74, 6) is -0.180. The summed E-state index contributed by atoms with van der Waals surface area (Å²) in [6, 6.07) is 10.9. The fraction of sp³-hybridized carbons (Fsp3) is 0.167. The minimum absolute atomic E-state index is 0.180. The van der Waals surface area contributed by atoms with Gasteiger partial charge in [-0.2, -0.15) is 0 Å². The number of anilines is 1. The molecule has 1 heterocycles. The SMILES string of the molecule is CN(Cc1ccc(Br)s1)c1ccccc1F. The second-order valence-corrected chi connectivity index (χ2v) is 6.06. The molecule has 1 aromatic heterocycles. The summed E-state index contributed by atoms with van der Waals surface area (Å²) in [5, 5.41) is 0. The molecule has 0 bridgehead atoms. The van der Waals surface area contributed by atoms with Gasteiger partial charge in [-0.15, -0.1) is 11.3 Å². The van der Waals surface area contributed by atoms with E-state index in [2.05, 4.69) is 15.9 Å². The zero-order valence-electron chi connectivity index (χ0n) is 8.78. The predicted molar refractivity (Wildman–Crippen MR) is 70.5 cm³/mol. The lowest BCUT2D eigenvalue weighted by atomic mass is 10.3. The number of halogens is 2. The third-order valence-electron chi connectivity index (χ3n) is 2.29. The Bertz CT molecular complexity index is 483. The number of nitrogens with zero attached hydrogens (tertiary/aromatic N) is 1. The van der Waals surface area contributed by atoms with E-state index in [1.807, 2.05) is 30.1 Å². The molecular weight excluding hydrogens is 289 g/mol. The lowest BCUT2D eigenvalue weighted by Gasteiger charge is -2.18. The molecule has 0 aliphatic carbocycles. The van der Waals surface area contributed by atoms with E-state index in [1.165, 1.54) is 10.9 Å². The van der Waals surface area contributed by atoms with Gasteiger partial charge in [-0.3, -0.25) is 0 Å². The summed E-state index contributed by atoms with van der Waals surface area (Å²) in [7, 11) is 1.89. The van der Waals surface area contributed by atoms with Crippen LogP contribution < -0.4 is 4.90 Å². The zero-order chi connectivity index (χ0) is 11.5. The van der Waals surface area contributed by atoms with Gasteiger partial charge in [0.1, 0.15) is 5.82 Å². The molecule has 2 aromatic rings. The maximum Gasteiger partial charge on any atom is 0.146 e. The molecule has 0 unspecified atom stereocenters. The molecule has 0 radical (unpaired) electrons. The predicted octanol–water partition coefficient (Wildman–Crippen LogP) is 4.29. The van der Waals surface area contributed by atoms with E-state index in [4.69, 9.17) is 0 Å². The van der Waals surface area contributed by atoms with Gasteiger partial charge >= 0.3 is 0 Å². The van der Waals surface area contributed by atoms with Crippen molar-refractivity contribution in [1.82, 2.24) is 0 Å². The monoisotopic (exact) mass is 299 g/mol. The Kier molecular flexibility index (Phi) is 3.61. The molecule has 2 rings (SSSR count). The smallest absolute Gasteiger partial charge is 0.146 e. The third-order valence-corrected chi connectivity index (χ3v) is 3.89. The lowest BCUT2D eigenvalue weighted by Crippen LogP contribution is -2.16. The first-order valence-electron chi connectivity index (χ1n) is 4.86. The van der Waals surface area contributed by atoms with Gasteiger partial charge in [0.2, 0.25) is 0 Å². The Labute approximate surface area is 107 Å². The van der Waals surface area contributed by atoms with Crippen molar-refractivity contribution < 1.29 is 4.39 Å². The van der Waals surface area contributed by atoms with E-state index in [9.17, 15) is 4.39 Å². The topological polar surface area (TPSA) is 3.24 Å². The molecule has 0 fully saturated rings. The molecule has 84 valence electrons. The molecule has 0 N–H and O–H groups in total. The molecule has 0 aliphatic heterocycles. The quantitative estimate of drug-likeness (QED) is 0.817. The number of thiophene rings is 1. The van der Waals surface area contributed by atoms with Crippen molar-refractivity contribution in [2.45, 2.75) is 6.54 Å². The average molecular weight is 300 g/mol. The number of hydrogen-bond acceptors (Lipinski definition) is 2. The van der Waals surface area contributed by atoms with Crippen LogP contribution in [-0.4, -0.2) is 7.05 Å². The van der Waals surface area contributed by atoms with Gasteiger partial charge < -0.3 is 4.90 Å². The van der Waals surface area contributed by atoms with Crippen molar-refractivity contribution in [3.05, 3.63) is 50.9 Å². The minimum Gasteiger partial charge on any atom is -0.367 e. The van der Waals surface area contributed by atoms with Crippen LogP contribution in [0.15, 0.2) is 40.2 Å². The van der Waals surface area contributed by atoms with Crippen molar-refractivity contribution >= 4 is 33.0 Å². The fourth-order valence-corrected chi connectivity index (χ4v) is 3.05. The van der Waals surface area contributed by atoms with Gasteiger partial charge in [-0.25, -0.2) is 4.39 Å². The van der Waals surface area contributed by atoms with Gasteiger partial charge in [-0.1, -0.05) is 12.1 Å². The third kappa shape index (κ3) is 2.62. The van der Waals surface area contributed by atoms with E-state index >= 15 is 0 Å². The van der Waals surface area contributed by atoms with Crippen LogP contribution in [0.5, 0.6) is 0 Å². The van der Waals surface area contributed by atoms with Crippen molar-refractivity contribution in [2.24, 2.45) is 0 Å². The summed E-state index contributed by atoms with van der Waals surface area (Å²) in [4.78, 5) is 3.12. The van der Waals surface area contributed by atoms with Crippen LogP contribution in [0.4, 0.5) is 10.1 Å². The van der Waals surface area contributed by atoms with Crippen molar-refractivity contribution in [1.29, 1.82) is 0 Å². The highest BCUT2D eigenvalue weighted by Crippen LogP contribution is 2.25. The molecule has 1 nitrogen and oxygen atoms in total. The van der Waals surface area contributed by atoms with Crippen LogP contribution in [0.1, 0.15) is 4.88 Å². The normalized spacial score (nSPS) is 10.4. The number of para-hydroxylation sites is 1. The van der Waals surface area contributed by atoms with Gasteiger partial charge in [0.25, 0.3) is 0 Å². The van der Waals surface area contributed by atoms with Crippen molar-refractivity contribution in [2.75, 3.05) is 11.9 Å². The Balaban J connectivity index is 2.14.